The summed E-state index contributed by atoms with van der Waals surface area (Å²) in [5.41, 5.74) is 0. The molecule has 0 aromatic carbocycles. The molecule has 0 saturated carbocycles. The Bertz CT molecular complexity index is 388. The lowest BCUT2D eigenvalue weighted by Gasteiger charge is -2.38. The fourth-order valence-corrected chi connectivity index (χ4v) is 2.78. The average Bonchev–Trinajstić information content (AvgIpc) is 2.81. The van der Waals surface area contributed by atoms with Crippen molar-refractivity contribution in [2.45, 2.75) is 45.9 Å². The lowest BCUT2D eigenvalue weighted by molar-refractivity contribution is -0.947. The van der Waals surface area contributed by atoms with Crippen LogP contribution in [0.2, 0.25) is 0 Å². The topological polar surface area (TPSA) is 43.9 Å². The van der Waals surface area contributed by atoms with Gasteiger partial charge in [-0.2, -0.15) is 0 Å². The van der Waals surface area contributed by atoms with Crippen LogP contribution >= 0.6 is 0 Å². The van der Waals surface area contributed by atoms with Gasteiger partial charge in [-0.15, -0.1) is 0 Å². The number of furan rings is 1. The number of carbonyl (C=O) groups excluding carboxylic acids is 1. The SMILES string of the molecule is CC(=O)O[C@H]1CC[NH+](Cc2ccco2)[C@H](C)[C@H]1C. The number of rotatable bonds is 3. The number of nitrogens with one attached hydrogen (secondary N) is 1. The molecular formula is C14H22NO3+. The van der Waals surface area contributed by atoms with Crippen molar-refractivity contribution in [2.75, 3.05) is 6.54 Å². The normalized spacial score (nSPS) is 32.2. The summed E-state index contributed by atoms with van der Waals surface area (Å²) in [5, 5.41) is 0. The van der Waals surface area contributed by atoms with Gasteiger partial charge in [-0.3, -0.25) is 4.79 Å². The van der Waals surface area contributed by atoms with Crippen molar-refractivity contribution in [3.63, 3.8) is 0 Å². The molecule has 1 aliphatic rings. The van der Waals surface area contributed by atoms with Crippen LogP contribution in [0.25, 0.3) is 0 Å². The second-order valence-corrected chi connectivity index (χ2v) is 5.25. The zero-order valence-corrected chi connectivity index (χ0v) is 11.3. The molecule has 1 unspecified atom stereocenters. The molecule has 4 nitrogen and oxygen atoms in total. The molecule has 1 N–H and O–H groups in total. The molecule has 0 amide bonds. The molecule has 1 fully saturated rings. The van der Waals surface area contributed by atoms with Crippen molar-refractivity contribution in [3.05, 3.63) is 24.2 Å². The average molecular weight is 252 g/mol. The number of piperidine rings is 1. The van der Waals surface area contributed by atoms with Crippen LogP contribution in [0.1, 0.15) is 33.0 Å². The van der Waals surface area contributed by atoms with Crippen LogP contribution in [-0.2, 0) is 16.1 Å². The van der Waals surface area contributed by atoms with E-state index in [9.17, 15) is 4.79 Å². The highest BCUT2D eigenvalue weighted by Crippen LogP contribution is 2.17. The van der Waals surface area contributed by atoms with Crippen LogP contribution in [0.3, 0.4) is 0 Å². The van der Waals surface area contributed by atoms with E-state index in [1.807, 2.05) is 12.1 Å². The van der Waals surface area contributed by atoms with E-state index in [0.717, 1.165) is 25.3 Å². The number of esters is 1. The Kier molecular flexibility index (Phi) is 4.07. The van der Waals surface area contributed by atoms with E-state index in [2.05, 4.69) is 13.8 Å². The fourth-order valence-electron chi connectivity index (χ4n) is 2.78. The first kappa shape index (κ1) is 13.1. The predicted molar refractivity (Wildman–Crippen MR) is 67.0 cm³/mol. The Hall–Kier alpha value is -1.29. The molecule has 1 aromatic rings. The van der Waals surface area contributed by atoms with E-state index in [0.29, 0.717) is 12.0 Å². The molecule has 0 aliphatic carbocycles. The summed E-state index contributed by atoms with van der Waals surface area (Å²) in [7, 11) is 0. The van der Waals surface area contributed by atoms with E-state index in [4.69, 9.17) is 9.15 Å². The van der Waals surface area contributed by atoms with Crippen LogP contribution in [-0.4, -0.2) is 24.7 Å². The molecule has 0 spiro atoms. The van der Waals surface area contributed by atoms with Crippen LogP contribution in [0.5, 0.6) is 0 Å². The highest BCUT2D eigenvalue weighted by molar-refractivity contribution is 5.66. The maximum atomic E-state index is 11.1. The van der Waals surface area contributed by atoms with Crippen LogP contribution in [0, 0.1) is 5.92 Å². The first-order valence-electron chi connectivity index (χ1n) is 6.62. The van der Waals surface area contributed by atoms with Gasteiger partial charge < -0.3 is 14.1 Å². The summed E-state index contributed by atoms with van der Waals surface area (Å²) in [6.07, 6.45) is 2.72. The zero-order chi connectivity index (χ0) is 13.1. The van der Waals surface area contributed by atoms with Crippen molar-refractivity contribution >= 4 is 5.97 Å². The van der Waals surface area contributed by atoms with Gasteiger partial charge >= 0.3 is 5.97 Å². The van der Waals surface area contributed by atoms with E-state index in [-0.39, 0.29) is 12.1 Å². The quantitative estimate of drug-likeness (QED) is 0.817. The Labute approximate surface area is 108 Å². The molecule has 0 radical (unpaired) electrons. The van der Waals surface area contributed by atoms with E-state index in [1.54, 1.807) is 6.26 Å². The molecule has 4 heteroatoms. The van der Waals surface area contributed by atoms with Gasteiger partial charge in [0, 0.05) is 19.3 Å². The predicted octanol–water partition coefficient (Wildman–Crippen LogP) is 1.02. The van der Waals surface area contributed by atoms with Crippen LogP contribution in [0.15, 0.2) is 22.8 Å². The number of carbonyl (C=O) groups is 1. The first-order chi connectivity index (χ1) is 8.58. The Morgan fingerprint density at radius 2 is 2.33 bits per heavy atom. The maximum Gasteiger partial charge on any atom is 0.302 e. The minimum absolute atomic E-state index is 0.0675. The summed E-state index contributed by atoms with van der Waals surface area (Å²) in [6.45, 7) is 7.80. The minimum Gasteiger partial charge on any atom is -0.463 e. The number of hydrogen-bond acceptors (Lipinski definition) is 3. The van der Waals surface area contributed by atoms with Crippen LogP contribution < -0.4 is 4.90 Å². The molecule has 4 atom stereocenters. The first-order valence-corrected chi connectivity index (χ1v) is 6.62. The van der Waals surface area contributed by atoms with Crippen molar-refractivity contribution in [1.29, 1.82) is 0 Å². The molecule has 0 bridgehead atoms. The van der Waals surface area contributed by atoms with Gasteiger partial charge in [-0.05, 0) is 19.1 Å². The third kappa shape index (κ3) is 2.93. The molecule has 1 aromatic heterocycles. The lowest BCUT2D eigenvalue weighted by Crippen LogP contribution is -3.16. The summed E-state index contributed by atoms with van der Waals surface area (Å²) >= 11 is 0. The van der Waals surface area contributed by atoms with Crippen molar-refractivity contribution < 1.29 is 18.8 Å². The Morgan fingerprint density at radius 1 is 1.56 bits per heavy atom. The number of quaternary nitrogens is 1. The van der Waals surface area contributed by atoms with E-state index >= 15 is 0 Å². The standard InChI is InChI=1S/C14H21NO3/c1-10-11(2)15(9-13-5-4-8-17-13)7-6-14(10)18-12(3)16/h4-5,8,10-11,14H,6-7,9H2,1-3H3/p+1/t10-,11-,14+/m1/s1. The second-order valence-electron chi connectivity index (χ2n) is 5.25. The van der Waals surface area contributed by atoms with Gasteiger partial charge in [0.25, 0.3) is 0 Å². The number of hydrogen-bond donors (Lipinski definition) is 1. The van der Waals surface area contributed by atoms with Gasteiger partial charge in [0.05, 0.1) is 18.8 Å². The molecule has 100 valence electrons. The van der Waals surface area contributed by atoms with Crippen molar-refractivity contribution in [1.82, 2.24) is 0 Å². The summed E-state index contributed by atoms with van der Waals surface area (Å²) in [5.74, 6) is 1.23. The summed E-state index contributed by atoms with van der Waals surface area (Å²) in [6, 6.07) is 4.41. The fraction of sp³-hybridized carbons (Fsp3) is 0.643. The van der Waals surface area contributed by atoms with Gasteiger partial charge in [-0.1, -0.05) is 6.92 Å². The van der Waals surface area contributed by atoms with Gasteiger partial charge in [0.1, 0.15) is 12.6 Å². The molecule has 18 heavy (non-hydrogen) atoms. The molecular weight excluding hydrogens is 230 g/mol. The lowest BCUT2D eigenvalue weighted by atomic mass is 9.89. The van der Waals surface area contributed by atoms with Crippen LogP contribution in [0.4, 0.5) is 0 Å². The monoisotopic (exact) mass is 252 g/mol. The summed E-state index contributed by atoms with van der Waals surface area (Å²) in [4.78, 5) is 12.6. The van der Waals surface area contributed by atoms with Crippen molar-refractivity contribution in [3.8, 4) is 0 Å². The molecule has 2 heterocycles. The Balaban J connectivity index is 1.95. The molecule has 2 rings (SSSR count). The van der Waals surface area contributed by atoms with E-state index in [1.165, 1.54) is 11.8 Å². The number of ether oxygens (including phenoxy) is 1. The zero-order valence-electron chi connectivity index (χ0n) is 11.3. The third-order valence-electron chi connectivity index (χ3n) is 4.07. The largest absolute Gasteiger partial charge is 0.463 e. The third-order valence-corrected chi connectivity index (χ3v) is 4.07. The van der Waals surface area contributed by atoms with Gasteiger partial charge in [-0.25, -0.2) is 0 Å². The second kappa shape index (κ2) is 5.57. The molecule has 1 saturated heterocycles. The minimum atomic E-state index is -0.173. The number of likely N-dealkylation sites (tertiary alicyclic amines) is 1. The smallest absolute Gasteiger partial charge is 0.302 e. The highest BCUT2D eigenvalue weighted by Gasteiger charge is 2.37. The maximum absolute atomic E-state index is 11.1. The highest BCUT2D eigenvalue weighted by atomic mass is 16.5. The van der Waals surface area contributed by atoms with E-state index < -0.39 is 0 Å². The van der Waals surface area contributed by atoms with Gasteiger partial charge in [0.2, 0.25) is 0 Å². The Morgan fingerprint density at radius 3 is 2.94 bits per heavy atom. The van der Waals surface area contributed by atoms with Crippen molar-refractivity contribution in [2.24, 2.45) is 5.92 Å². The molecule has 1 aliphatic heterocycles. The summed E-state index contributed by atoms with van der Waals surface area (Å²) < 4.78 is 10.8. The van der Waals surface area contributed by atoms with Gasteiger partial charge in [0.15, 0.2) is 5.76 Å².